The maximum absolute atomic E-state index is 14.3. The van der Waals surface area contributed by atoms with E-state index in [1.807, 2.05) is 6.07 Å². The zero-order valence-corrected chi connectivity index (χ0v) is 21.8. The minimum absolute atomic E-state index is 0.0421. The van der Waals surface area contributed by atoms with Crippen molar-refractivity contribution in [1.29, 1.82) is 0 Å². The molecule has 1 fully saturated rings. The fraction of sp³-hybridized carbons (Fsp3) is 0.429. The van der Waals surface area contributed by atoms with Gasteiger partial charge in [-0.15, -0.1) is 0 Å². The molecule has 0 spiro atoms. The number of hydrogen-bond acceptors (Lipinski definition) is 6. The maximum atomic E-state index is 14.3. The molecule has 1 N–H and O–H groups in total. The molecule has 0 bridgehead atoms. The Bertz CT molecular complexity index is 1410. The molecule has 0 unspecified atom stereocenters. The number of aromatic nitrogens is 3. The minimum Gasteiger partial charge on any atom is -0.311 e. The maximum Gasteiger partial charge on any atom is 0.347 e. The zero-order chi connectivity index (χ0) is 27.0. The molecule has 10 heteroatoms. The molecule has 1 aromatic carbocycles. The number of nitrogens with zero attached hydrogens (tertiary/aromatic N) is 5. The van der Waals surface area contributed by atoms with Crippen molar-refractivity contribution < 1.29 is 13.6 Å². The van der Waals surface area contributed by atoms with Gasteiger partial charge in [0, 0.05) is 86.0 Å². The van der Waals surface area contributed by atoms with Crippen molar-refractivity contribution >= 4 is 11.6 Å². The van der Waals surface area contributed by atoms with E-state index < -0.39 is 11.6 Å². The van der Waals surface area contributed by atoms with Crippen LogP contribution in [0.15, 0.2) is 53.7 Å². The highest BCUT2D eigenvalue weighted by Crippen LogP contribution is 2.40. The molecule has 2 aromatic heterocycles. The lowest BCUT2D eigenvalue weighted by atomic mass is 9.88. The molecule has 1 amide bonds. The second-order valence-electron chi connectivity index (χ2n) is 10.9. The molecule has 0 aliphatic carbocycles. The van der Waals surface area contributed by atoms with Gasteiger partial charge in [0.2, 0.25) is 5.91 Å². The van der Waals surface area contributed by atoms with Gasteiger partial charge in [-0.3, -0.25) is 19.2 Å². The second kappa shape index (κ2) is 10.3. The molecule has 8 nitrogen and oxygen atoms in total. The van der Waals surface area contributed by atoms with Gasteiger partial charge in [-0.05, 0) is 30.7 Å². The third kappa shape index (κ3) is 5.37. The first-order valence-corrected chi connectivity index (χ1v) is 12.8. The molecule has 2 aliphatic heterocycles. The molecule has 3 aromatic rings. The number of halogens is 2. The third-order valence-electron chi connectivity index (χ3n) is 7.46. The molecule has 4 heterocycles. The summed E-state index contributed by atoms with van der Waals surface area (Å²) in [4.78, 5) is 38.3. The molecule has 2 aliphatic rings. The number of anilines is 1. The summed E-state index contributed by atoms with van der Waals surface area (Å²) >= 11 is 0. The summed E-state index contributed by atoms with van der Waals surface area (Å²) in [6, 6.07) is 7.24. The quantitative estimate of drug-likeness (QED) is 0.536. The van der Waals surface area contributed by atoms with Gasteiger partial charge in [-0.1, -0.05) is 19.9 Å². The average molecular weight is 523 g/mol. The first-order chi connectivity index (χ1) is 18.1. The number of nitrogens with one attached hydrogen (secondary N) is 1. The lowest BCUT2D eigenvalue weighted by Gasteiger charge is -2.39. The van der Waals surface area contributed by atoms with Crippen molar-refractivity contribution in [3.05, 3.63) is 87.9 Å². The summed E-state index contributed by atoms with van der Waals surface area (Å²) in [5.41, 5.74) is 2.07. The van der Waals surface area contributed by atoms with Gasteiger partial charge >= 0.3 is 5.69 Å². The van der Waals surface area contributed by atoms with Gasteiger partial charge in [0.15, 0.2) is 0 Å². The molecule has 2 atom stereocenters. The van der Waals surface area contributed by atoms with Crippen LogP contribution in [-0.2, 0) is 23.2 Å². The van der Waals surface area contributed by atoms with Crippen molar-refractivity contribution in [3.8, 4) is 0 Å². The number of piperazine rings is 1. The Labute approximate surface area is 220 Å². The molecule has 0 radical (unpaired) electrons. The Morgan fingerprint density at radius 2 is 2.03 bits per heavy atom. The Morgan fingerprint density at radius 1 is 1.21 bits per heavy atom. The van der Waals surface area contributed by atoms with Gasteiger partial charge < -0.3 is 10.2 Å². The van der Waals surface area contributed by atoms with Crippen LogP contribution in [-0.4, -0.2) is 63.6 Å². The summed E-state index contributed by atoms with van der Waals surface area (Å²) in [7, 11) is 0. The van der Waals surface area contributed by atoms with Crippen LogP contribution in [0.3, 0.4) is 0 Å². The normalized spacial score (nSPS) is 20.9. The van der Waals surface area contributed by atoms with E-state index in [1.54, 1.807) is 27.9 Å². The number of hydrogen-bond donors (Lipinski definition) is 1. The Morgan fingerprint density at radius 3 is 2.79 bits per heavy atom. The Hall–Kier alpha value is -3.50. The highest BCUT2D eigenvalue weighted by atomic mass is 19.1. The van der Waals surface area contributed by atoms with Crippen molar-refractivity contribution in [3.63, 3.8) is 0 Å². The van der Waals surface area contributed by atoms with Crippen molar-refractivity contribution in [1.82, 2.24) is 24.8 Å². The predicted octanol–water partition coefficient (Wildman–Crippen LogP) is 2.49. The minimum atomic E-state index is -0.624. The van der Waals surface area contributed by atoms with E-state index in [-0.39, 0.29) is 42.1 Å². The monoisotopic (exact) mass is 522 g/mol. The number of benzene rings is 1. The summed E-state index contributed by atoms with van der Waals surface area (Å²) < 4.78 is 29.2. The largest absolute Gasteiger partial charge is 0.347 e. The Kier molecular flexibility index (Phi) is 7.11. The van der Waals surface area contributed by atoms with Crippen LogP contribution < -0.4 is 15.9 Å². The van der Waals surface area contributed by atoms with Crippen molar-refractivity contribution in [2.45, 2.75) is 51.2 Å². The van der Waals surface area contributed by atoms with Crippen LogP contribution in [0.25, 0.3) is 0 Å². The number of carbonyl (C=O) groups is 1. The third-order valence-corrected chi connectivity index (χ3v) is 7.46. The van der Waals surface area contributed by atoms with E-state index in [0.717, 1.165) is 17.3 Å². The first-order valence-electron chi connectivity index (χ1n) is 12.8. The summed E-state index contributed by atoms with van der Waals surface area (Å²) in [6.07, 6.45) is 5.15. The molecule has 200 valence electrons. The standard InChI is InChI=1S/C28H32F2N6O2/c1-18-14-35(22(12-32-18)15-34-8-4-7-31-27(34)38)16-26(37)36-17-28(2,3)23-13-33-21(11-25(23)36)9-19-5-6-20(29)10-24(19)30/h4-8,10-11,13,18,22,32H,9,12,14-17H2,1-3H3/t18-,22-/m1/s1. The molecule has 0 saturated carbocycles. The van der Waals surface area contributed by atoms with Gasteiger partial charge in [-0.2, -0.15) is 0 Å². The predicted molar refractivity (Wildman–Crippen MR) is 140 cm³/mol. The smallest absolute Gasteiger partial charge is 0.311 e. The number of amides is 1. The van der Waals surface area contributed by atoms with E-state index in [4.69, 9.17) is 0 Å². The van der Waals surface area contributed by atoms with E-state index in [2.05, 4.69) is 41.0 Å². The fourth-order valence-corrected chi connectivity index (χ4v) is 5.39. The number of rotatable bonds is 6. The van der Waals surface area contributed by atoms with Crippen LogP contribution in [0.4, 0.5) is 14.5 Å². The van der Waals surface area contributed by atoms with Crippen molar-refractivity contribution in [2.75, 3.05) is 31.1 Å². The summed E-state index contributed by atoms with van der Waals surface area (Å²) in [6.45, 7) is 8.67. The lowest BCUT2D eigenvalue weighted by molar-refractivity contribution is -0.120. The zero-order valence-electron chi connectivity index (χ0n) is 21.8. The van der Waals surface area contributed by atoms with Crippen LogP contribution in [0.5, 0.6) is 0 Å². The highest BCUT2D eigenvalue weighted by molar-refractivity contribution is 5.97. The number of carbonyl (C=O) groups excluding carboxylic acids is 1. The average Bonchev–Trinajstić information content (AvgIpc) is 3.14. The van der Waals surface area contributed by atoms with E-state index in [1.165, 1.54) is 18.3 Å². The van der Waals surface area contributed by atoms with E-state index in [9.17, 15) is 18.4 Å². The van der Waals surface area contributed by atoms with E-state index >= 15 is 0 Å². The molecule has 1 saturated heterocycles. The Balaban J connectivity index is 1.37. The van der Waals surface area contributed by atoms with Crippen LogP contribution in [0.2, 0.25) is 0 Å². The lowest BCUT2D eigenvalue weighted by Crippen LogP contribution is -2.59. The fourth-order valence-electron chi connectivity index (χ4n) is 5.39. The van der Waals surface area contributed by atoms with Crippen LogP contribution in [0.1, 0.15) is 37.6 Å². The molecular formula is C28H32F2N6O2. The number of pyridine rings is 1. The van der Waals surface area contributed by atoms with E-state index in [0.29, 0.717) is 37.4 Å². The highest BCUT2D eigenvalue weighted by Gasteiger charge is 2.40. The molecule has 38 heavy (non-hydrogen) atoms. The summed E-state index contributed by atoms with van der Waals surface area (Å²) in [5, 5.41) is 3.45. The molecule has 5 rings (SSSR count). The number of fused-ring (bicyclic) bond motifs is 1. The second-order valence-corrected chi connectivity index (χ2v) is 10.9. The SMILES string of the molecule is C[C@@H]1CN(CC(=O)N2CC(C)(C)c3cnc(Cc4ccc(F)cc4F)cc32)[C@@H](Cn2cccnc2=O)CN1. The van der Waals surface area contributed by atoms with Crippen molar-refractivity contribution in [2.24, 2.45) is 0 Å². The topological polar surface area (TPSA) is 83.4 Å². The summed E-state index contributed by atoms with van der Waals surface area (Å²) in [5.74, 6) is -1.28. The van der Waals surface area contributed by atoms with Crippen LogP contribution in [0, 0.1) is 11.6 Å². The van der Waals surface area contributed by atoms with Gasteiger partial charge in [0.05, 0.1) is 12.2 Å². The first kappa shape index (κ1) is 26.1. The van der Waals surface area contributed by atoms with Gasteiger partial charge in [-0.25, -0.2) is 18.6 Å². The van der Waals surface area contributed by atoms with Gasteiger partial charge in [0.1, 0.15) is 11.6 Å². The molecular weight excluding hydrogens is 490 g/mol. The van der Waals surface area contributed by atoms with Crippen LogP contribution >= 0.6 is 0 Å². The van der Waals surface area contributed by atoms with Gasteiger partial charge in [0.25, 0.3) is 0 Å².